The molecule has 0 spiro atoms. The van der Waals surface area contributed by atoms with E-state index >= 15 is 0 Å². The van der Waals surface area contributed by atoms with Gasteiger partial charge in [-0.2, -0.15) is 0 Å². The number of thiophene rings is 1. The van der Waals surface area contributed by atoms with Gasteiger partial charge in [-0.25, -0.2) is 0 Å². The second-order valence-corrected chi connectivity index (χ2v) is 6.16. The van der Waals surface area contributed by atoms with Gasteiger partial charge in [-0.1, -0.05) is 24.3 Å². The van der Waals surface area contributed by atoms with Crippen LogP contribution in [0.3, 0.4) is 0 Å². The lowest BCUT2D eigenvalue weighted by Crippen LogP contribution is -2.23. The van der Waals surface area contributed by atoms with Crippen LogP contribution in [-0.2, 0) is 17.9 Å². The van der Waals surface area contributed by atoms with E-state index in [4.69, 9.17) is 4.74 Å². The molecule has 1 N–H and O–H groups in total. The summed E-state index contributed by atoms with van der Waals surface area (Å²) in [6.07, 6.45) is 0.196. The van der Waals surface area contributed by atoms with Gasteiger partial charge in [0.1, 0.15) is 0 Å². The molecule has 1 heterocycles. The minimum Gasteiger partial charge on any atom is -0.374 e. The Morgan fingerprint density at radius 3 is 2.57 bits per heavy atom. The van der Waals surface area contributed by atoms with E-state index in [1.54, 1.807) is 0 Å². The fraction of sp³-hybridized carbons (Fsp3) is 0.353. The quantitative estimate of drug-likeness (QED) is 0.878. The Kier molecular flexibility index (Phi) is 5.53. The standard InChI is InChI=1S/C17H21NO2S/c1-12(2)20-11-15-7-5-4-6-14(15)10-18-17(19)16-13(3)8-9-21-16/h4-9,12H,10-11H2,1-3H3,(H,18,19). The third kappa shape index (κ3) is 4.41. The highest BCUT2D eigenvalue weighted by atomic mass is 32.1. The largest absolute Gasteiger partial charge is 0.374 e. The molecule has 0 fully saturated rings. The van der Waals surface area contributed by atoms with E-state index in [1.807, 2.05) is 56.5 Å². The summed E-state index contributed by atoms with van der Waals surface area (Å²) in [7, 11) is 0. The Morgan fingerprint density at radius 2 is 1.95 bits per heavy atom. The van der Waals surface area contributed by atoms with Crippen molar-refractivity contribution in [3.8, 4) is 0 Å². The van der Waals surface area contributed by atoms with Crippen LogP contribution >= 0.6 is 11.3 Å². The third-order valence-corrected chi connectivity index (χ3v) is 4.21. The average molecular weight is 303 g/mol. The summed E-state index contributed by atoms with van der Waals surface area (Å²) >= 11 is 1.47. The highest BCUT2D eigenvalue weighted by Crippen LogP contribution is 2.16. The molecular weight excluding hydrogens is 282 g/mol. The summed E-state index contributed by atoms with van der Waals surface area (Å²) < 4.78 is 5.66. The second-order valence-electron chi connectivity index (χ2n) is 5.24. The first-order chi connectivity index (χ1) is 10.1. The molecule has 21 heavy (non-hydrogen) atoms. The van der Waals surface area contributed by atoms with Crippen LogP contribution in [0.25, 0.3) is 0 Å². The number of rotatable bonds is 6. The van der Waals surface area contributed by atoms with Crippen molar-refractivity contribution in [1.29, 1.82) is 0 Å². The molecule has 0 aliphatic heterocycles. The van der Waals surface area contributed by atoms with Crippen molar-refractivity contribution in [1.82, 2.24) is 5.32 Å². The van der Waals surface area contributed by atoms with Crippen LogP contribution in [0.1, 0.15) is 40.2 Å². The summed E-state index contributed by atoms with van der Waals surface area (Å²) in [5, 5.41) is 4.93. The number of ether oxygens (including phenoxy) is 1. The maximum Gasteiger partial charge on any atom is 0.261 e. The fourth-order valence-electron chi connectivity index (χ4n) is 1.99. The number of hydrogen-bond acceptors (Lipinski definition) is 3. The minimum atomic E-state index is -0.0120. The van der Waals surface area contributed by atoms with Gasteiger partial charge in [0.15, 0.2) is 0 Å². The lowest BCUT2D eigenvalue weighted by atomic mass is 10.1. The maximum atomic E-state index is 12.1. The smallest absolute Gasteiger partial charge is 0.261 e. The number of amides is 1. The number of hydrogen-bond donors (Lipinski definition) is 1. The highest BCUT2D eigenvalue weighted by Gasteiger charge is 2.11. The zero-order valence-electron chi connectivity index (χ0n) is 12.7. The Hall–Kier alpha value is -1.65. The van der Waals surface area contributed by atoms with Crippen LogP contribution in [0.15, 0.2) is 35.7 Å². The van der Waals surface area contributed by atoms with Crippen molar-refractivity contribution < 1.29 is 9.53 Å². The molecule has 0 saturated carbocycles. The fourth-order valence-corrected chi connectivity index (χ4v) is 2.83. The maximum absolute atomic E-state index is 12.1. The molecule has 0 unspecified atom stereocenters. The van der Waals surface area contributed by atoms with Gasteiger partial charge in [0, 0.05) is 6.54 Å². The molecule has 0 atom stereocenters. The summed E-state index contributed by atoms with van der Waals surface area (Å²) in [5.74, 6) is -0.0120. The van der Waals surface area contributed by atoms with E-state index in [-0.39, 0.29) is 12.0 Å². The van der Waals surface area contributed by atoms with E-state index < -0.39 is 0 Å². The summed E-state index contributed by atoms with van der Waals surface area (Å²) in [6.45, 7) is 7.08. The monoisotopic (exact) mass is 303 g/mol. The molecule has 1 amide bonds. The highest BCUT2D eigenvalue weighted by molar-refractivity contribution is 7.12. The van der Waals surface area contributed by atoms with E-state index in [9.17, 15) is 4.79 Å². The van der Waals surface area contributed by atoms with Gasteiger partial charge < -0.3 is 10.1 Å². The molecule has 2 rings (SSSR count). The molecule has 3 nitrogen and oxygen atoms in total. The van der Waals surface area contributed by atoms with Crippen LogP contribution in [-0.4, -0.2) is 12.0 Å². The normalized spacial score (nSPS) is 10.9. The predicted octanol–water partition coefficient (Wildman–Crippen LogP) is 3.91. The molecule has 4 heteroatoms. The van der Waals surface area contributed by atoms with Crippen molar-refractivity contribution in [2.45, 2.75) is 40.0 Å². The molecule has 0 radical (unpaired) electrons. The van der Waals surface area contributed by atoms with E-state index in [1.165, 1.54) is 11.3 Å². The molecule has 0 aliphatic rings. The van der Waals surface area contributed by atoms with Gasteiger partial charge in [-0.3, -0.25) is 4.79 Å². The summed E-state index contributed by atoms with van der Waals surface area (Å²) in [4.78, 5) is 12.9. The lowest BCUT2D eigenvalue weighted by molar-refractivity contribution is 0.0651. The molecule has 1 aromatic carbocycles. The second kappa shape index (κ2) is 7.38. The van der Waals surface area contributed by atoms with Crippen LogP contribution in [0, 0.1) is 6.92 Å². The summed E-state index contributed by atoms with van der Waals surface area (Å²) in [6, 6.07) is 10.0. The van der Waals surface area contributed by atoms with Gasteiger partial charge in [0.2, 0.25) is 0 Å². The van der Waals surface area contributed by atoms with Gasteiger partial charge in [0.25, 0.3) is 5.91 Å². The van der Waals surface area contributed by atoms with Crippen molar-refractivity contribution >= 4 is 17.2 Å². The lowest BCUT2D eigenvalue weighted by Gasteiger charge is -2.12. The molecule has 112 valence electrons. The molecule has 0 bridgehead atoms. The Labute approximate surface area is 130 Å². The van der Waals surface area contributed by atoms with Crippen LogP contribution in [0.4, 0.5) is 0 Å². The van der Waals surface area contributed by atoms with E-state index in [0.717, 1.165) is 21.6 Å². The number of carbonyl (C=O) groups excluding carboxylic acids is 1. The minimum absolute atomic E-state index is 0.0120. The van der Waals surface area contributed by atoms with Crippen LogP contribution in [0.2, 0.25) is 0 Å². The first kappa shape index (κ1) is 15.7. The third-order valence-electron chi connectivity index (χ3n) is 3.20. The van der Waals surface area contributed by atoms with Gasteiger partial charge >= 0.3 is 0 Å². The first-order valence-electron chi connectivity index (χ1n) is 7.08. The van der Waals surface area contributed by atoms with Crippen molar-refractivity contribution in [2.24, 2.45) is 0 Å². The zero-order valence-corrected chi connectivity index (χ0v) is 13.5. The number of nitrogens with one attached hydrogen (secondary N) is 1. The molecule has 0 aliphatic carbocycles. The van der Waals surface area contributed by atoms with Crippen LogP contribution in [0.5, 0.6) is 0 Å². The Morgan fingerprint density at radius 1 is 1.24 bits per heavy atom. The van der Waals surface area contributed by atoms with Crippen LogP contribution < -0.4 is 5.32 Å². The Bertz CT molecular complexity index is 604. The molecule has 2 aromatic rings. The van der Waals surface area contributed by atoms with E-state index in [0.29, 0.717) is 13.2 Å². The number of carbonyl (C=O) groups is 1. The van der Waals surface area contributed by atoms with Crippen molar-refractivity contribution in [3.05, 3.63) is 57.3 Å². The van der Waals surface area contributed by atoms with Crippen molar-refractivity contribution in [2.75, 3.05) is 0 Å². The molecular formula is C17H21NO2S. The van der Waals surface area contributed by atoms with E-state index in [2.05, 4.69) is 5.32 Å². The summed E-state index contributed by atoms with van der Waals surface area (Å²) in [5.41, 5.74) is 3.24. The average Bonchev–Trinajstić information content (AvgIpc) is 2.89. The van der Waals surface area contributed by atoms with Gasteiger partial charge in [-0.05, 0) is 48.9 Å². The SMILES string of the molecule is Cc1ccsc1C(=O)NCc1ccccc1COC(C)C. The molecule has 0 saturated heterocycles. The molecule has 1 aromatic heterocycles. The zero-order chi connectivity index (χ0) is 15.2. The topological polar surface area (TPSA) is 38.3 Å². The predicted molar refractivity (Wildman–Crippen MR) is 86.6 cm³/mol. The first-order valence-corrected chi connectivity index (χ1v) is 7.96. The van der Waals surface area contributed by atoms with Gasteiger partial charge in [-0.15, -0.1) is 11.3 Å². The number of aryl methyl sites for hydroxylation is 1. The van der Waals surface area contributed by atoms with Gasteiger partial charge in [0.05, 0.1) is 17.6 Å². The number of benzene rings is 1. The Balaban J connectivity index is 2.00. The van der Waals surface area contributed by atoms with Crippen molar-refractivity contribution in [3.63, 3.8) is 0 Å².